The van der Waals surface area contributed by atoms with Gasteiger partial charge in [0.25, 0.3) is 0 Å². The van der Waals surface area contributed by atoms with Gasteiger partial charge in [0.1, 0.15) is 0 Å². The van der Waals surface area contributed by atoms with Crippen LogP contribution >= 0.6 is 0 Å². The van der Waals surface area contributed by atoms with Crippen molar-refractivity contribution in [1.82, 2.24) is 10.3 Å². The van der Waals surface area contributed by atoms with Crippen LogP contribution in [0.2, 0.25) is 0 Å². The van der Waals surface area contributed by atoms with Crippen LogP contribution in [0.3, 0.4) is 0 Å². The smallest absolute Gasteiger partial charge is 0.0705 e. The van der Waals surface area contributed by atoms with Crippen LogP contribution in [0.4, 0.5) is 0 Å². The van der Waals surface area contributed by atoms with E-state index in [9.17, 15) is 0 Å². The molecule has 0 aliphatic heterocycles. The van der Waals surface area contributed by atoms with Crippen LogP contribution in [-0.2, 0) is 0 Å². The quantitative estimate of drug-likeness (QED) is 0.855. The molecule has 0 radical (unpaired) electrons. The van der Waals surface area contributed by atoms with Crippen LogP contribution in [0.15, 0.2) is 30.3 Å². The number of aryl methyl sites for hydroxylation is 1. The molecule has 0 amide bonds. The summed E-state index contributed by atoms with van der Waals surface area (Å²) in [7, 11) is 0. The first-order valence-electron chi connectivity index (χ1n) is 8.07. The Labute approximate surface area is 127 Å². The summed E-state index contributed by atoms with van der Waals surface area (Å²) in [6.45, 7) is 3.73. The maximum Gasteiger partial charge on any atom is 0.0705 e. The highest BCUT2D eigenvalue weighted by Gasteiger charge is 2.17. The highest BCUT2D eigenvalue weighted by Crippen LogP contribution is 2.29. The van der Waals surface area contributed by atoms with E-state index in [4.69, 9.17) is 5.73 Å². The molecule has 2 aromatic rings. The number of benzene rings is 1. The molecule has 0 spiro atoms. The molecule has 1 fully saturated rings. The van der Waals surface area contributed by atoms with Crippen molar-refractivity contribution in [3.63, 3.8) is 0 Å². The number of pyridine rings is 1. The Morgan fingerprint density at radius 2 is 2.14 bits per heavy atom. The number of nitrogens with two attached hydrogens (primary N) is 1. The molecule has 1 aliphatic carbocycles. The minimum Gasteiger partial charge on any atom is -0.329 e. The average Bonchev–Trinajstić information content (AvgIpc) is 2.45. The molecule has 3 heteroatoms. The van der Waals surface area contributed by atoms with E-state index in [2.05, 4.69) is 40.6 Å². The van der Waals surface area contributed by atoms with Crippen LogP contribution in [0.25, 0.3) is 10.9 Å². The molecular weight excluding hydrogens is 258 g/mol. The zero-order chi connectivity index (χ0) is 14.7. The van der Waals surface area contributed by atoms with Gasteiger partial charge in [-0.1, -0.05) is 31.4 Å². The molecule has 1 aliphatic rings. The Balaban J connectivity index is 1.68. The Hall–Kier alpha value is -1.45. The minimum absolute atomic E-state index is 0.246. The van der Waals surface area contributed by atoms with Gasteiger partial charge >= 0.3 is 0 Å². The van der Waals surface area contributed by atoms with E-state index in [0.717, 1.165) is 23.7 Å². The number of nitrogens with zero attached hydrogens (tertiary/aromatic N) is 1. The van der Waals surface area contributed by atoms with Crippen LogP contribution in [0.5, 0.6) is 0 Å². The number of fused-ring (bicyclic) bond motifs is 1. The molecule has 3 nitrogen and oxygen atoms in total. The average molecular weight is 283 g/mol. The molecule has 112 valence electrons. The third-order valence-electron chi connectivity index (χ3n) is 4.66. The highest BCUT2D eigenvalue weighted by molar-refractivity contribution is 5.79. The van der Waals surface area contributed by atoms with Gasteiger partial charge in [0.2, 0.25) is 0 Å². The van der Waals surface area contributed by atoms with Gasteiger partial charge in [-0.25, -0.2) is 0 Å². The third-order valence-corrected chi connectivity index (χ3v) is 4.66. The second kappa shape index (κ2) is 6.54. The van der Waals surface area contributed by atoms with Crippen molar-refractivity contribution >= 4 is 10.9 Å². The topological polar surface area (TPSA) is 50.9 Å². The van der Waals surface area contributed by atoms with Gasteiger partial charge in [-0.15, -0.1) is 0 Å². The first-order valence-corrected chi connectivity index (χ1v) is 8.07. The van der Waals surface area contributed by atoms with Crippen LogP contribution in [-0.4, -0.2) is 18.1 Å². The van der Waals surface area contributed by atoms with Gasteiger partial charge < -0.3 is 11.1 Å². The summed E-state index contributed by atoms with van der Waals surface area (Å²) in [6, 6.07) is 10.9. The van der Waals surface area contributed by atoms with E-state index in [1.54, 1.807) is 0 Å². The Bertz CT molecular complexity index is 604. The lowest BCUT2D eigenvalue weighted by molar-refractivity contribution is 0.288. The zero-order valence-electron chi connectivity index (χ0n) is 12.8. The van der Waals surface area contributed by atoms with Gasteiger partial charge in [-0.3, -0.25) is 4.98 Å². The Morgan fingerprint density at radius 3 is 2.86 bits per heavy atom. The molecule has 3 rings (SSSR count). The standard InChI is InChI=1S/C18H25N3/c1-13-5-6-15-11-16(7-8-17(15)21-13)18(12-19)20-10-9-14-3-2-4-14/h5-8,11,14,18,20H,2-4,9-10,12,19H2,1H3. The molecule has 21 heavy (non-hydrogen) atoms. The maximum atomic E-state index is 5.96. The number of rotatable bonds is 6. The monoisotopic (exact) mass is 283 g/mol. The van der Waals surface area contributed by atoms with Crippen LogP contribution < -0.4 is 11.1 Å². The van der Waals surface area contributed by atoms with E-state index in [1.165, 1.54) is 36.6 Å². The first-order chi connectivity index (χ1) is 10.3. The minimum atomic E-state index is 0.246. The van der Waals surface area contributed by atoms with Gasteiger partial charge in [0.15, 0.2) is 0 Å². The fourth-order valence-electron chi connectivity index (χ4n) is 3.04. The predicted octanol–water partition coefficient (Wildman–Crippen LogP) is 3.32. The first kappa shape index (κ1) is 14.5. The van der Waals surface area contributed by atoms with Crippen molar-refractivity contribution in [2.45, 2.75) is 38.6 Å². The molecular formula is C18H25N3. The van der Waals surface area contributed by atoms with Gasteiger partial charge in [-0.2, -0.15) is 0 Å². The molecule has 0 saturated heterocycles. The Morgan fingerprint density at radius 1 is 1.29 bits per heavy atom. The van der Waals surface area contributed by atoms with Crippen molar-refractivity contribution in [2.24, 2.45) is 11.7 Å². The molecule has 0 bridgehead atoms. The van der Waals surface area contributed by atoms with E-state index < -0.39 is 0 Å². The summed E-state index contributed by atoms with van der Waals surface area (Å²) in [5, 5.41) is 4.81. The van der Waals surface area contributed by atoms with Gasteiger partial charge in [0.05, 0.1) is 5.52 Å². The van der Waals surface area contributed by atoms with E-state index in [-0.39, 0.29) is 6.04 Å². The fourth-order valence-corrected chi connectivity index (χ4v) is 3.04. The summed E-state index contributed by atoms with van der Waals surface area (Å²) in [5.74, 6) is 0.944. The fraction of sp³-hybridized carbons (Fsp3) is 0.500. The SMILES string of the molecule is Cc1ccc2cc(C(CN)NCCC3CCC3)ccc2n1. The maximum absolute atomic E-state index is 5.96. The Kier molecular flexibility index (Phi) is 4.51. The summed E-state index contributed by atoms with van der Waals surface area (Å²) in [4.78, 5) is 4.55. The van der Waals surface area contributed by atoms with E-state index in [0.29, 0.717) is 6.54 Å². The van der Waals surface area contributed by atoms with Crippen molar-refractivity contribution < 1.29 is 0 Å². The zero-order valence-corrected chi connectivity index (χ0v) is 12.8. The second-order valence-corrected chi connectivity index (χ2v) is 6.23. The molecule has 1 heterocycles. The number of nitrogens with one attached hydrogen (secondary N) is 1. The second-order valence-electron chi connectivity index (χ2n) is 6.23. The third kappa shape index (κ3) is 3.42. The molecule has 1 aromatic carbocycles. The molecule has 1 aromatic heterocycles. The largest absolute Gasteiger partial charge is 0.329 e. The summed E-state index contributed by atoms with van der Waals surface area (Å²) < 4.78 is 0. The van der Waals surface area contributed by atoms with Crippen molar-refractivity contribution in [3.05, 3.63) is 41.6 Å². The highest BCUT2D eigenvalue weighted by atomic mass is 14.9. The van der Waals surface area contributed by atoms with Crippen molar-refractivity contribution in [1.29, 1.82) is 0 Å². The molecule has 1 unspecified atom stereocenters. The summed E-state index contributed by atoms with van der Waals surface area (Å²) >= 11 is 0. The van der Waals surface area contributed by atoms with Gasteiger partial charge in [0, 0.05) is 23.7 Å². The molecule has 1 atom stereocenters. The van der Waals surface area contributed by atoms with Crippen LogP contribution in [0, 0.1) is 12.8 Å². The molecule has 1 saturated carbocycles. The van der Waals surface area contributed by atoms with Crippen LogP contribution in [0.1, 0.15) is 43.0 Å². The predicted molar refractivity (Wildman–Crippen MR) is 88.2 cm³/mol. The number of hydrogen-bond donors (Lipinski definition) is 2. The molecule has 3 N–H and O–H groups in total. The van der Waals surface area contributed by atoms with E-state index in [1.807, 2.05) is 6.92 Å². The number of aromatic nitrogens is 1. The number of hydrogen-bond acceptors (Lipinski definition) is 3. The summed E-state index contributed by atoms with van der Waals surface area (Å²) in [6.07, 6.45) is 5.53. The van der Waals surface area contributed by atoms with Gasteiger partial charge in [-0.05, 0) is 49.6 Å². The normalized spacial score (nSPS) is 16.9. The lowest BCUT2D eigenvalue weighted by Gasteiger charge is -2.26. The lowest BCUT2D eigenvalue weighted by atomic mass is 9.83. The summed E-state index contributed by atoms with van der Waals surface area (Å²) in [5.41, 5.74) is 9.34. The van der Waals surface area contributed by atoms with Crippen molar-refractivity contribution in [3.8, 4) is 0 Å². The lowest BCUT2D eigenvalue weighted by Crippen LogP contribution is -2.30. The van der Waals surface area contributed by atoms with E-state index >= 15 is 0 Å². The van der Waals surface area contributed by atoms with Crippen molar-refractivity contribution in [2.75, 3.05) is 13.1 Å².